The number of hydrogen-bond acceptors (Lipinski definition) is 2. The van der Waals surface area contributed by atoms with E-state index < -0.39 is 0 Å². The molecule has 0 aliphatic heterocycles. The molecule has 0 N–H and O–H groups in total. The van der Waals surface area contributed by atoms with Gasteiger partial charge in [0, 0.05) is 46.0 Å². The van der Waals surface area contributed by atoms with Crippen molar-refractivity contribution in [1.29, 1.82) is 0 Å². The van der Waals surface area contributed by atoms with Gasteiger partial charge in [0.15, 0.2) is 0 Å². The lowest BCUT2D eigenvalue weighted by molar-refractivity contribution is 0.468. The number of nitrogens with zero attached hydrogens (tertiary/aromatic N) is 2. The molecule has 2 nitrogen and oxygen atoms in total. The van der Waals surface area contributed by atoms with Gasteiger partial charge in [-0.05, 0) is 36.5 Å². The summed E-state index contributed by atoms with van der Waals surface area (Å²) in [6.45, 7) is 8.94. The Morgan fingerprint density at radius 2 is 1.00 bits per heavy atom. The Bertz CT molecular complexity index is 1160. The summed E-state index contributed by atoms with van der Waals surface area (Å²) in [4.78, 5) is 0. The fourth-order valence-corrected chi connectivity index (χ4v) is 5.47. The van der Waals surface area contributed by atoms with E-state index >= 15 is 0 Å². The van der Waals surface area contributed by atoms with Gasteiger partial charge in [-0.2, -0.15) is 0 Å². The molecule has 4 heteroatoms. The molecule has 28 heavy (non-hydrogen) atoms. The van der Waals surface area contributed by atoms with E-state index in [2.05, 4.69) is 73.5 Å². The molecule has 0 amide bonds. The van der Waals surface area contributed by atoms with Gasteiger partial charge in [0.2, 0.25) is 0 Å². The van der Waals surface area contributed by atoms with Crippen molar-refractivity contribution in [3.63, 3.8) is 0 Å². The monoisotopic (exact) mass is 408 g/mol. The van der Waals surface area contributed by atoms with Crippen molar-refractivity contribution in [1.82, 2.24) is 9.13 Å². The lowest BCUT2D eigenvalue weighted by atomic mass is 9.96. The SMILES string of the molecule is CCC(CC)n1cc2ccc3cn(C(CC)CC)c(=S)c4ccc(c1=S)c2c34. The molecule has 4 aromatic rings. The predicted molar refractivity (Wildman–Crippen MR) is 127 cm³/mol. The lowest BCUT2D eigenvalue weighted by Gasteiger charge is -2.23. The van der Waals surface area contributed by atoms with Crippen LogP contribution in [0.3, 0.4) is 0 Å². The highest BCUT2D eigenvalue weighted by atomic mass is 32.1. The van der Waals surface area contributed by atoms with Gasteiger partial charge in [0.25, 0.3) is 0 Å². The number of pyridine rings is 2. The molecule has 0 saturated heterocycles. The van der Waals surface area contributed by atoms with Crippen LogP contribution in [0.1, 0.15) is 65.5 Å². The first-order valence-electron chi connectivity index (χ1n) is 10.5. The Hall–Kier alpha value is -1.78. The minimum atomic E-state index is 0.445. The quantitative estimate of drug-likeness (QED) is 0.234. The van der Waals surface area contributed by atoms with Crippen molar-refractivity contribution in [3.05, 3.63) is 45.9 Å². The fraction of sp³-hybridized carbons (Fsp3) is 0.417. The standard InChI is InChI=1S/C24H28N2S2/c1-5-17(6-2)25-13-15-9-10-16-14-26(18(7-3)8-4)24(28)20-12-11-19(23(25)27)21(15)22(16)20/h9-14,17-18H,5-8H2,1-4H3. The van der Waals surface area contributed by atoms with E-state index in [9.17, 15) is 0 Å². The molecular weight excluding hydrogens is 380 g/mol. The Labute approximate surface area is 177 Å². The van der Waals surface area contributed by atoms with Gasteiger partial charge < -0.3 is 9.13 Å². The summed E-state index contributed by atoms with van der Waals surface area (Å²) in [5, 5.41) is 7.39. The Kier molecular flexibility index (Phi) is 5.28. The first-order chi connectivity index (χ1) is 13.5. The van der Waals surface area contributed by atoms with Crippen LogP contribution in [0.2, 0.25) is 0 Å². The maximum absolute atomic E-state index is 5.94. The van der Waals surface area contributed by atoms with Crippen LogP contribution in [0.4, 0.5) is 0 Å². The van der Waals surface area contributed by atoms with Crippen molar-refractivity contribution in [2.24, 2.45) is 0 Å². The van der Waals surface area contributed by atoms with Crippen LogP contribution in [-0.2, 0) is 0 Å². The van der Waals surface area contributed by atoms with E-state index in [-0.39, 0.29) is 0 Å². The minimum Gasteiger partial charge on any atom is -0.335 e. The average molecular weight is 409 g/mol. The largest absolute Gasteiger partial charge is 0.335 e. The van der Waals surface area contributed by atoms with E-state index in [0.29, 0.717) is 12.1 Å². The second-order valence-corrected chi connectivity index (χ2v) is 8.55. The van der Waals surface area contributed by atoms with Gasteiger partial charge in [0.05, 0.1) is 0 Å². The predicted octanol–water partition coefficient (Wildman–Crippen LogP) is 8.37. The first kappa shape index (κ1) is 19.5. The number of benzene rings is 2. The van der Waals surface area contributed by atoms with Crippen molar-refractivity contribution in [2.45, 2.75) is 65.5 Å². The highest BCUT2D eigenvalue weighted by Crippen LogP contribution is 2.37. The van der Waals surface area contributed by atoms with Gasteiger partial charge in [-0.1, -0.05) is 76.4 Å². The summed E-state index contributed by atoms with van der Waals surface area (Å²) >= 11 is 11.9. The van der Waals surface area contributed by atoms with Crippen LogP contribution < -0.4 is 0 Å². The highest BCUT2D eigenvalue weighted by molar-refractivity contribution is 7.71. The Balaban J connectivity index is 2.13. The van der Waals surface area contributed by atoms with Gasteiger partial charge in [-0.25, -0.2) is 0 Å². The topological polar surface area (TPSA) is 9.86 Å². The van der Waals surface area contributed by atoms with Crippen LogP contribution in [0.25, 0.3) is 32.3 Å². The molecule has 0 radical (unpaired) electrons. The molecule has 0 unspecified atom stereocenters. The van der Waals surface area contributed by atoms with Gasteiger partial charge in [0.1, 0.15) is 9.28 Å². The van der Waals surface area contributed by atoms with Crippen LogP contribution >= 0.6 is 24.4 Å². The third-order valence-corrected chi connectivity index (χ3v) is 7.24. The Morgan fingerprint density at radius 1 is 0.643 bits per heavy atom. The summed E-state index contributed by atoms with van der Waals surface area (Å²) in [5.41, 5.74) is 0. The maximum Gasteiger partial charge on any atom is 0.114 e. The van der Waals surface area contributed by atoms with E-state index in [4.69, 9.17) is 24.4 Å². The van der Waals surface area contributed by atoms with Gasteiger partial charge in [-0.3, -0.25) is 0 Å². The second-order valence-electron chi connectivity index (χ2n) is 7.78. The van der Waals surface area contributed by atoms with Crippen molar-refractivity contribution in [3.8, 4) is 0 Å². The molecule has 0 spiro atoms. The number of aromatic nitrogens is 2. The second kappa shape index (κ2) is 7.57. The molecule has 146 valence electrons. The summed E-state index contributed by atoms with van der Waals surface area (Å²) in [7, 11) is 0. The zero-order valence-electron chi connectivity index (χ0n) is 17.2. The van der Waals surface area contributed by atoms with Crippen molar-refractivity contribution in [2.75, 3.05) is 0 Å². The van der Waals surface area contributed by atoms with Crippen LogP contribution in [0.15, 0.2) is 36.7 Å². The Morgan fingerprint density at radius 3 is 1.32 bits per heavy atom. The molecule has 2 aromatic carbocycles. The minimum absolute atomic E-state index is 0.445. The summed E-state index contributed by atoms with van der Waals surface area (Å²) < 4.78 is 6.49. The maximum atomic E-state index is 5.94. The molecule has 4 rings (SSSR count). The highest BCUT2D eigenvalue weighted by Gasteiger charge is 2.17. The van der Waals surface area contributed by atoms with Crippen molar-refractivity contribution >= 4 is 56.8 Å². The molecule has 0 aliphatic rings. The first-order valence-corrected chi connectivity index (χ1v) is 11.3. The van der Waals surface area contributed by atoms with E-state index in [1.165, 1.54) is 32.3 Å². The van der Waals surface area contributed by atoms with Crippen LogP contribution in [0, 0.1) is 9.28 Å². The van der Waals surface area contributed by atoms with E-state index in [1.807, 2.05) is 0 Å². The van der Waals surface area contributed by atoms with Crippen LogP contribution in [-0.4, -0.2) is 9.13 Å². The molecule has 0 aliphatic carbocycles. The molecule has 0 fully saturated rings. The summed E-state index contributed by atoms with van der Waals surface area (Å²) in [6.07, 6.45) is 8.86. The fourth-order valence-electron chi connectivity index (χ4n) is 4.72. The van der Waals surface area contributed by atoms with Gasteiger partial charge >= 0.3 is 0 Å². The zero-order chi connectivity index (χ0) is 20.0. The molecular formula is C24H28N2S2. The third-order valence-electron chi connectivity index (χ3n) is 6.38. The molecule has 0 saturated carbocycles. The number of hydrogen-bond donors (Lipinski definition) is 0. The van der Waals surface area contributed by atoms with Crippen LogP contribution in [0.5, 0.6) is 0 Å². The molecule has 2 aromatic heterocycles. The van der Waals surface area contributed by atoms with E-state index in [1.54, 1.807) is 0 Å². The third kappa shape index (κ3) is 2.81. The molecule has 2 heterocycles. The zero-order valence-corrected chi connectivity index (χ0v) is 18.8. The lowest BCUT2D eigenvalue weighted by Crippen LogP contribution is -2.10. The average Bonchev–Trinajstić information content (AvgIpc) is 2.72. The molecule has 0 bridgehead atoms. The van der Waals surface area contributed by atoms with E-state index in [0.717, 1.165) is 35.0 Å². The summed E-state index contributed by atoms with van der Waals surface area (Å²) in [5.74, 6) is 0. The number of rotatable bonds is 6. The summed E-state index contributed by atoms with van der Waals surface area (Å²) in [6, 6.07) is 9.77. The molecule has 0 atom stereocenters. The van der Waals surface area contributed by atoms with Crippen molar-refractivity contribution < 1.29 is 0 Å². The normalized spacial score (nSPS) is 12.4. The smallest absolute Gasteiger partial charge is 0.114 e. The van der Waals surface area contributed by atoms with Gasteiger partial charge in [-0.15, -0.1) is 0 Å².